The fourth-order valence-corrected chi connectivity index (χ4v) is 1.49. The molecule has 3 N–H and O–H groups in total. The van der Waals surface area contributed by atoms with Crippen LogP contribution in [0.4, 0.5) is 0 Å². The van der Waals surface area contributed by atoms with Gasteiger partial charge in [0.25, 0.3) is 0 Å². The molecule has 0 radical (unpaired) electrons. The van der Waals surface area contributed by atoms with E-state index < -0.39 is 12.6 Å². The zero-order valence-corrected chi connectivity index (χ0v) is 15.8. The summed E-state index contributed by atoms with van der Waals surface area (Å²) in [5.74, 6) is -0.382. The Morgan fingerprint density at radius 1 is 0.840 bits per heavy atom. The van der Waals surface area contributed by atoms with E-state index in [0.29, 0.717) is 12.8 Å². The molecule has 9 nitrogen and oxygen atoms in total. The number of esters is 1. The molecule has 0 aliphatic carbocycles. The maximum Gasteiger partial charge on any atom is 0.302 e. The molecule has 0 amide bonds. The number of methoxy groups -OCH3 is 2. The van der Waals surface area contributed by atoms with Crippen LogP contribution in [0.2, 0.25) is 0 Å². The van der Waals surface area contributed by atoms with Gasteiger partial charge in [0, 0.05) is 21.1 Å². The molecule has 0 aliphatic heterocycles. The fraction of sp³-hybridized carbons (Fsp3) is 0.938. The van der Waals surface area contributed by atoms with Crippen LogP contribution in [-0.2, 0) is 28.5 Å². The molecule has 0 fully saturated rings. The van der Waals surface area contributed by atoms with Gasteiger partial charge in [0.15, 0.2) is 12.6 Å². The number of hydrogen-bond acceptors (Lipinski definition) is 9. The summed E-state index contributed by atoms with van der Waals surface area (Å²) in [5.41, 5.74) is 0. The second kappa shape index (κ2) is 18.0. The summed E-state index contributed by atoms with van der Waals surface area (Å²) >= 11 is 0. The number of aliphatic hydroxyl groups excluding tert-OH is 3. The quantitative estimate of drug-likeness (QED) is 0.305. The van der Waals surface area contributed by atoms with Gasteiger partial charge in [-0.15, -0.1) is 0 Å². The van der Waals surface area contributed by atoms with Crippen molar-refractivity contribution < 1.29 is 43.8 Å². The molecule has 25 heavy (non-hydrogen) atoms. The summed E-state index contributed by atoms with van der Waals surface area (Å²) in [4.78, 5) is 10.5. The van der Waals surface area contributed by atoms with Gasteiger partial charge in [0.1, 0.15) is 6.61 Å². The molecule has 0 heterocycles. The topological polar surface area (TPSA) is 124 Å². The van der Waals surface area contributed by atoms with E-state index in [0.717, 1.165) is 0 Å². The van der Waals surface area contributed by atoms with Crippen LogP contribution >= 0.6 is 0 Å². The van der Waals surface area contributed by atoms with E-state index in [2.05, 4.69) is 0 Å². The molecule has 152 valence electrons. The van der Waals surface area contributed by atoms with Gasteiger partial charge in [0.2, 0.25) is 0 Å². The first-order valence-electron chi connectivity index (χ1n) is 8.24. The molecule has 0 aromatic rings. The monoisotopic (exact) mass is 370 g/mol. The van der Waals surface area contributed by atoms with Crippen molar-refractivity contribution in [2.75, 3.05) is 40.6 Å². The Hall–Kier alpha value is -0.810. The average molecular weight is 370 g/mol. The smallest absolute Gasteiger partial charge is 0.302 e. The molecule has 0 aromatic heterocycles. The van der Waals surface area contributed by atoms with E-state index in [1.807, 2.05) is 13.8 Å². The largest absolute Gasteiger partial charge is 0.460 e. The Labute approximate surface area is 149 Å². The summed E-state index contributed by atoms with van der Waals surface area (Å²) in [6, 6.07) is 0. The third-order valence-corrected chi connectivity index (χ3v) is 3.10. The Balaban J connectivity index is 0. The summed E-state index contributed by atoms with van der Waals surface area (Å²) in [7, 11) is 2.91. The molecule has 0 aromatic carbocycles. The van der Waals surface area contributed by atoms with Crippen LogP contribution in [0.25, 0.3) is 0 Å². The minimum atomic E-state index is -0.618. The predicted octanol–water partition coefficient (Wildman–Crippen LogP) is 0.0482. The number of aliphatic hydroxyl groups is 3. The molecule has 4 unspecified atom stereocenters. The summed E-state index contributed by atoms with van der Waals surface area (Å²) < 4.78 is 24.8. The van der Waals surface area contributed by atoms with Gasteiger partial charge in [-0.3, -0.25) is 4.79 Å². The predicted molar refractivity (Wildman–Crippen MR) is 89.8 cm³/mol. The normalized spacial score (nSPS) is 15.5. The lowest BCUT2D eigenvalue weighted by atomic mass is 10.3. The highest BCUT2D eigenvalue weighted by Gasteiger charge is 2.15. The molecule has 4 atom stereocenters. The molecule has 0 rings (SSSR count). The summed E-state index contributed by atoms with van der Waals surface area (Å²) in [5, 5.41) is 26.2. The Kier molecular flexibility index (Phi) is 19.0. The molecule has 9 heteroatoms. The number of hydrogen-bond donors (Lipinski definition) is 3. The maximum absolute atomic E-state index is 10.5. The first kappa shape index (κ1) is 26.4. The van der Waals surface area contributed by atoms with Crippen molar-refractivity contribution in [3.05, 3.63) is 0 Å². The molecule has 0 aliphatic rings. The van der Waals surface area contributed by atoms with Crippen LogP contribution in [-0.4, -0.2) is 86.7 Å². The third-order valence-electron chi connectivity index (χ3n) is 3.10. The standard InChI is InChI=1S/C9H18O5.C7H16O4/c1-4-8(5-10)14-9(12-3)6-13-7(2)11;1-3-6(4-8)11-7(5-9)10-2/h8-10H,4-6H2,1-3H3;6-9H,3-5H2,1-2H3. The minimum absolute atomic E-state index is 0.0440. The Bertz CT molecular complexity index is 279. The van der Waals surface area contributed by atoms with Gasteiger partial charge >= 0.3 is 5.97 Å². The van der Waals surface area contributed by atoms with E-state index in [9.17, 15) is 4.79 Å². The lowest BCUT2D eigenvalue weighted by Gasteiger charge is -2.21. The molecule has 0 saturated heterocycles. The van der Waals surface area contributed by atoms with Crippen molar-refractivity contribution in [3.63, 3.8) is 0 Å². The molecular formula is C16H34O9. The fourth-order valence-electron chi connectivity index (χ4n) is 1.49. The number of ether oxygens (including phenoxy) is 5. The molecule has 0 bridgehead atoms. The number of carbonyl (C=O) groups is 1. The Morgan fingerprint density at radius 2 is 1.28 bits per heavy atom. The van der Waals surface area contributed by atoms with Gasteiger partial charge in [-0.25, -0.2) is 0 Å². The average Bonchev–Trinajstić information content (AvgIpc) is 2.63. The van der Waals surface area contributed by atoms with E-state index in [1.165, 1.54) is 21.1 Å². The highest BCUT2D eigenvalue weighted by atomic mass is 16.7. The van der Waals surface area contributed by atoms with E-state index in [-0.39, 0.29) is 44.6 Å². The zero-order chi connectivity index (χ0) is 19.7. The van der Waals surface area contributed by atoms with E-state index in [1.54, 1.807) is 0 Å². The van der Waals surface area contributed by atoms with Crippen molar-refractivity contribution in [2.45, 2.75) is 58.4 Å². The van der Waals surface area contributed by atoms with Crippen LogP contribution in [0.5, 0.6) is 0 Å². The van der Waals surface area contributed by atoms with Crippen LogP contribution in [0, 0.1) is 0 Å². The highest BCUT2D eigenvalue weighted by Crippen LogP contribution is 2.04. The number of rotatable bonds is 13. The second-order valence-corrected chi connectivity index (χ2v) is 5.01. The summed E-state index contributed by atoms with van der Waals surface area (Å²) in [6.45, 7) is 4.84. The van der Waals surface area contributed by atoms with E-state index >= 15 is 0 Å². The SMILES string of the molecule is CCC(CO)OC(CO)OC.CCC(CO)OC(COC(C)=O)OC. The summed E-state index contributed by atoms with van der Waals surface area (Å²) in [6.07, 6.45) is -0.377. The minimum Gasteiger partial charge on any atom is -0.460 e. The lowest BCUT2D eigenvalue weighted by molar-refractivity contribution is -0.193. The molecular weight excluding hydrogens is 336 g/mol. The molecule has 0 spiro atoms. The number of carbonyl (C=O) groups excluding carboxylic acids is 1. The highest BCUT2D eigenvalue weighted by molar-refractivity contribution is 5.65. The second-order valence-electron chi connectivity index (χ2n) is 5.01. The third kappa shape index (κ3) is 15.2. The van der Waals surface area contributed by atoms with Gasteiger partial charge in [-0.2, -0.15) is 0 Å². The van der Waals surface area contributed by atoms with Crippen molar-refractivity contribution in [3.8, 4) is 0 Å². The molecule has 0 saturated carbocycles. The van der Waals surface area contributed by atoms with Crippen LogP contribution in [0.3, 0.4) is 0 Å². The van der Waals surface area contributed by atoms with Crippen LogP contribution in [0.1, 0.15) is 33.6 Å². The van der Waals surface area contributed by atoms with Crippen LogP contribution < -0.4 is 0 Å². The maximum atomic E-state index is 10.5. The first-order valence-corrected chi connectivity index (χ1v) is 8.24. The van der Waals surface area contributed by atoms with Crippen molar-refractivity contribution in [2.24, 2.45) is 0 Å². The van der Waals surface area contributed by atoms with Gasteiger partial charge in [-0.1, -0.05) is 13.8 Å². The van der Waals surface area contributed by atoms with Gasteiger partial charge in [0.05, 0.1) is 32.0 Å². The van der Waals surface area contributed by atoms with Crippen LogP contribution in [0.15, 0.2) is 0 Å². The lowest BCUT2D eigenvalue weighted by Crippen LogP contribution is -2.30. The zero-order valence-electron chi connectivity index (χ0n) is 15.8. The first-order chi connectivity index (χ1) is 11.9. The van der Waals surface area contributed by atoms with E-state index in [4.69, 9.17) is 39.0 Å². The van der Waals surface area contributed by atoms with Gasteiger partial charge < -0.3 is 39.0 Å². The Morgan fingerprint density at radius 3 is 1.56 bits per heavy atom. The van der Waals surface area contributed by atoms with Crippen molar-refractivity contribution in [1.82, 2.24) is 0 Å². The van der Waals surface area contributed by atoms with Crippen molar-refractivity contribution >= 4 is 5.97 Å². The van der Waals surface area contributed by atoms with Gasteiger partial charge in [-0.05, 0) is 12.8 Å². The van der Waals surface area contributed by atoms with Crippen molar-refractivity contribution in [1.29, 1.82) is 0 Å².